The highest BCUT2D eigenvalue weighted by Crippen LogP contribution is 2.07. The van der Waals surface area contributed by atoms with E-state index in [1.807, 2.05) is 6.08 Å². The van der Waals surface area contributed by atoms with Crippen molar-refractivity contribution in [2.45, 2.75) is 6.54 Å². The SMILES string of the molecule is [CH2]/C=C/c1ccc(Cn2cncn2)cc1. The highest BCUT2D eigenvalue weighted by molar-refractivity contribution is 5.49. The van der Waals surface area contributed by atoms with Crippen LogP contribution in [0.1, 0.15) is 11.1 Å². The molecule has 3 nitrogen and oxygen atoms in total. The lowest BCUT2D eigenvalue weighted by atomic mass is 10.1. The summed E-state index contributed by atoms with van der Waals surface area (Å²) >= 11 is 0. The van der Waals surface area contributed by atoms with Gasteiger partial charge in [-0.1, -0.05) is 36.4 Å². The Kier molecular flexibility index (Phi) is 2.93. The second-order valence-electron chi connectivity index (χ2n) is 3.24. The van der Waals surface area contributed by atoms with E-state index in [4.69, 9.17) is 0 Å². The lowest BCUT2D eigenvalue weighted by Crippen LogP contribution is -1.99. The number of rotatable bonds is 3. The zero-order chi connectivity index (χ0) is 10.5. The van der Waals surface area contributed by atoms with Crippen LogP contribution in [-0.4, -0.2) is 14.8 Å². The van der Waals surface area contributed by atoms with Crippen LogP contribution in [0.4, 0.5) is 0 Å². The molecule has 1 aromatic carbocycles. The van der Waals surface area contributed by atoms with Crippen LogP contribution in [-0.2, 0) is 6.54 Å². The van der Waals surface area contributed by atoms with Crippen molar-refractivity contribution in [2.75, 3.05) is 0 Å². The summed E-state index contributed by atoms with van der Waals surface area (Å²) in [6.07, 6.45) is 7.01. The van der Waals surface area contributed by atoms with Crippen molar-refractivity contribution in [3.05, 3.63) is 61.0 Å². The predicted molar refractivity (Wildman–Crippen MR) is 60.0 cm³/mol. The third-order valence-electron chi connectivity index (χ3n) is 2.10. The number of allylic oxidation sites excluding steroid dienone is 1. The summed E-state index contributed by atoms with van der Waals surface area (Å²) in [7, 11) is 0. The quantitative estimate of drug-likeness (QED) is 0.756. The molecule has 0 spiro atoms. The van der Waals surface area contributed by atoms with E-state index in [-0.39, 0.29) is 0 Å². The van der Waals surface area contributed by atoms with Crippen molar-refractivity contribution in [3.8, 4) is 0 Å². The highest BCUT2D eigenvalue weighted by Gasteiger charge is 1.94. The first-order chi connectivity index (χ1) is 7.38. The minimum Gasteiger partial charge on any atom is -0.249 e. The minimum atomic E-state index is 0.758. The van der Waals surface area contributed by atoms with Gasteiger partial charge in [-0.05, 0) is 18.1 Å². The number of hydrogen-bond donors (Lipinski definition) is 0. The van der Waals surface area contributed by atoms with Gasteiger partial charge in [0.15, 0.2) is 0 Å². The molecule has 1 radical (unpaired) electrons. The predicted octanol–water partition coefficient (Wildman–Crippen LogP) is 2.17. The second kappa shape index (κ2) is 4.55. The number of benzene rings is 1. The molecule has 1 heterocycles. The van der Waals surface area contributed by atoms with E-state index in [9.17, 15) is 0 Å². The first-order valence-corrected chi connectivity index (χ1v) is 4.75. The van der Waals surface area contributed by atoms with Crippen LogP contribution >= 0.6 is 0 Å². The Hall–Kier alpha value is -1.90. The molecule has 0 aliphatic carbocycles. The highest BCUT2D eigenvalue weighted by atomic mass is 15.3. The van der Waals surface area contributed by atoms with E-state index in [1.165, 1.54) is 5.56 Å². The molecule has 15 heavy (non-hydrogen) atoms. The van der Waals surface area contributed by atoms with Gasteiger partial charge in [0, 0.05) is 0 Å². The Bertz CT molecular complexity index is 426. The molecule has 75 valence electrons. The van der Waals surface area contributed by atoms with Crippen molar-refractivity contribution in [1.82, 2.24) is 14.8 Å². The molecule has 2 rings (SSSR count). The van der Waals surface area contributed by atoms with E-state index in [0.29, 0.717) is 0 Å². The summed E-state index contributed by atoms with van der Waals surface area (Å²) in [5.41, 5.74) is 2.37. The van der Waals surface area contributed by atoms with E-state index in [1.54, 1.807) is 23.4 Å². The summed E-state index contributed by atoms with van der Waals surface area (Å²) < 4.78 is 1.80. The van der Waals surface area contributed by atoms with Crippen molar-refractivity contribution in [2.24, 2.45) is 0 Å². The molecular formula is C12H12N3. The fourth-order valence-electron chi connectivity index (χ4n) is 1.37. The van der Waals surface area contributed by atoms with E-state index in [2.05, 4.69) is 41.3 Å². The monoisotopic (exact) mass is 198 g/mol. The maximum absolute atomic E-state index is 4.05. The number of nitrogens with zero attached hydrogens (tertiary/aromatic N) is 3. The Morgan fingerprint density at radius 1 is 1.27 bits per heavy atom. The van der Waals surface area contributed by atoms with Gasteiger partial charge in [0.25, 0.3) is 0 Å². The van der Waals surface area contributed by atoms with Crippen LogP contribution in [0.15, 0.2) is 43.0 Å². The third-order valence-corrected chi connectivity index (χ3v) is 2.10. The number of hydrogen-bond acceptors (Lipinski definition) is 2. The molecule has 0 unspecified atom stereocenters. The molecule has 0 aliphatic heterocycles. The molecule has 2 aromatic rings. The summed E-state index contributed by atoms with van der Waals surface area (Å²) in [4.78, 5) is 3.90. The molecule has 0 amide bonds. The first-order valence-electron chi connectivity index (χ1n) is 4.75. The summed E-state index contributed by atoms with van der Waals surface area (Å²) in [5, 5.41) is 4.05. The molecule has 0 aliphatic rings. The molecule has 0 fully saturated rings. The fourth-order valence-corrected chi connectivity index (χ4v) is 1.37. The zero-order valence-corrected chi connectivity index (χ0v) is 8.37. The van der Waals surface area contributed by atoms with Gasteiger partial charge < -0.3 is 0 Å². The summed E-state index contributed by atoms with van der Waals surface area (Å²) in [6, 6.07) is 8.29. The van der Waals surface area contributed by atoms with Gasteiger partial charge in [-0.3, -0.25) is 0 Å². The van der Waals surface area contributed by atoms with Gasteiger partial charge in [0.2, 0.25) is 0 Å². The van der Waals surface area contributed by atoms with Gasteiger partial charge in [0.05, 0.1) is 6.54 Å². The average molecular weight is 198 g/mol. The molecule has 0 saturated heterocycles. The largest absolute Gasteiger partial charge is 0.249 e. The third kappa shape index (κ3) is 2.53. The first kappa shape index (κ1) is 9.65. The van der Waals surface area contributed by atoms with Gasteiger partial charge in [0.1, 0.15) is 12.7 Å². The van der Waals surface area contributed by atoms with Crippen LogP contribution in [0, 0.1) is 6.92 Å². The van der Waals surface area contributed by atoms with Crippen LogP contribution in [0.25, 0.3) is 6.08 Å². The van der Waals surface area contributed by atoms with Crippen LogP contribution in [0.2, 0.25) is 0 Å². The molecule has 0 N–H and O–H groups in total. The normalized spacial score (nSPS) is 11.0. The van der Waals surface area contributed by atoms with Gasteiger partial charge in [-0.2, -0.15) is 5.10 Å². The molecule has 0 bridgehead atoms. The second-order valence-corrected chi connectivity index (χ2v) is 3.24. The topological polar surface area (TPSA) is 30.7 Å². The smallest absolute Gasteiger partial charge is 0.137 e. The number of aromatic nitrogens is 3. The average Bonchev–Trinajstić information content (AvgIpc) is 2.74. The van der Waals surface area contributed by atoms with Gasteiger partial charge >= 0.3 is 0 Å². The van der Waals surface area contributed by atoms with E-state index < -0.39 is 0 Å². The Morgan fingerprint density at radius 3 is 2.67 bits per heavy atom. The lowest BCUT2D eigenvalue weighted by Gasteiger charge is -2.01. The molecular weight excluding hydrogens is 186 g/mol. The molecule has 0 saturated carbocycles. The van der Waals surface area contributed by atoms with Crippen LogP contribution in [0.5, 0.6) is 0 Å². The summed E-state index contributed by atoms with van der Waals surface area (Å²) in [6.45, 7) is 4.42. The van der Waals surface area contributed by atoms with Crippen molar-refractivity contribution < 1.29 is 0 Å². The zero-order valence-electron chi connectivity index (χ0n) is 8.37. The summed E-state index contributed by atoms with van der Waals surface area (Å²) in [5.74, 6) is 0. The van der Waals surface area contributed by atoms with E-state index in [0.717, 1.165) is 12.1 Å². The molecule has 0 atom stereocenters. The van der Waals surface area contributed by atoms with Gasteiger partial charge in [-0.25, -0.2) is 9.67 Å². The Balaban J connectivity index is 2.10. The molecule has 3 heteroatoms. The minimum absolute atomic E-state index is 0.758. The van der Waals surface area contributed by atoms with Crippen molar-refractivity contribution in [3.63, 3.8) is 0 Å². The molecule has 1 aromatic heterocycles. The van der Waals surface area contributed by atoms with Crippen molar-refractivity contribution in [1.29, 1.82) is 0 Å². The van der Waals surface area contributed by atoms with Crippen LogP contribution < -0.4 is 0 Å². The van der Waals surface area contributed by atoms with Crippen molar-refractivity contribution >= 4 is 6.08 Å². The maximum Gasteiger partial charge on any atom is 0.137 e. The van der Waals surface area contributed by atoms with E-state index >= 15 is 0 Å². The standard InChI is InChI=1S/C12H12N3/c1-2-3-11-4-6-12(7-5-11)8-15-10-13-9-14-15/h2-7,9-10H,1,8H2/b3-2+. The lowest BCUT2D eigenvalue weighted by molar-refractivity contribution is 0.685. The Morgan fingerprint density at radius 2 is 2.07 bits per heavy atom. The maximum atomic E-state index is 4.05. The van der Waals surface area contributed by atoms with Crippen LogP contribution in [0.3, 0.4) is 0 Å². The van der Waals surface area contributed by atoms with Gasteiger partial charge in [-0.15, -0.1) is 0 Å². The fraction of sp³-hybridized carbons (Fsp3) is 0.0833. The Labute approximate surface area is 89.1 Å².